The zero-order chi connectivity index (χ0) is 36.7. The van der Waals surface area contributed by atoms with Gasteiger partial charge in [0.05, 0.1) is 86.9 Å². The van der Waals surface area contributed by atoms with Crippen molar-refractivity contribution in [2.75, 3.05) is 0 Å². The van der Waals surface area contributed by atoms with Crippen molar-refractivity contribution in [3.05, 3.63) is 127 Å². The Morgan fingerprint density at radius 1 is 0.638 bits per heavy atom. The van der Waals surface area contributed by atoms with Gasteiger partial charge in [-0.1, -0.05) is 0 Å². The van der Waals surface area contributed by atoms with Crippen LogP contribution in [0.2, 0.25) is 0 Å². The average Bonchev–Trinajstić information content (AvgIpc) is 3.64. The third-order valence-corrected chi connectivity index (χ3v) is 8.03. The smallest absolute Gasteiger partial charge is 0.198 e. The second kappa shape index (κ2) is 11.6. The maximum atomic E-state index is 10.4. The van der Waals surface area contributed by atoms with Crippen molar-refractivity contribution in [2.24, 2.45) is 0 Å². The van der Waals surface area contributed by atoms with Crippen molar-refractivity contribution in [3.63, 3.8) is 0 Å². The van der Waals surface area contributed by atoms with Gasteiger partial charge >= 0.3 is 0 Å². The molecule has 0 amide bonds. The molecule has 6 rings (SSSR count). The van der Waals surface area contributed by atoms with Crippen molar-refractivity contribution < 1.29 is 5.48 Å². The quantitative estimate of drug-likeness (QED) is 0.167. The molecule has 10 nitrogen and oxygen atoms in total. The Hall–Kier alpha value is -7.90. The summed E-state index contributed by atoms with van der Waals surface area (Å²) in [7, 11) is 0. The molecule has 0 unspecified atom stereocenters. The van der Waals surface area contributed by atoms with Crippen LogP contribution >= 0.6 is 11.3 Å². The zero-order valence-electron chi connectivity index (χ0n) is 27.3. The number of aromatic nitrogens is 2. The normalized spacial score (nSPS) is 12.7. The largest absolute Gasteiger partial charge is 0.245 e. The molecule has 0 atom stereocenters. The van der Waals surface area contributed by atoms with Crippen molar-refractivity contribution in [1.29, 1.82) is 31.6 Å². The first kappa shape index (κ1) is 24.5. The van der Waals surface area contributed by atoms with Crippen LogP contribution in [0.25, 0.3) is 52.7 Å². The van der Waals surface area contributed by atoms with Crippen molar-refractivity contribution in [1.82, 2.24) is 9.97 Å². The molecule has 3 aromatic carbocycles. The predicted molar refractivity (Wildman–Crippen MR) is 172 cm³/mol. The van der Waals surface area contributed by atoms with Crippen LogP contribution in [0.5, 0.6) is 0 Å². The number of pyridine rings is 2. The minimum absolute atomic E-state index is 0.0457. The summed E-state index contributed by atoms with van der Waals surface area (Å²) >= 11 is 1.40. The highest BCUT2D eigenvalue weighted by atomic mass is 32.1. The van der Waals surface area contributed by atoms with E-state index in [0.717, 1.165) is 10.1 Å². The molecule has 0 aliphatic carbocycles. The summed E-state index contributed by atoms with van der Waals surface area (Å²) in [5.74, 6) is 0. The maximum absolute atomic E-state index is 10.4. The molecule has 210 valence electrons. The van der Waals surface area contributed by atoms with E-state index in [1.165, 1.54) is 23.5 Å². The second-order valence-electron chi connectivity index (χ2n) is 9.44. The van der Waals surface area contributed by atoms with Crippen molar-refractivity contribution in [2.45, 2.75) is 0 Å². The predicted octanol–water partition coefficient (Wildman–Crippen LogP) is 6.03. The van der Waals surface area contributed by atoms with Crippen LogP contribution in [0.1, 0.15) is 38.9 Å². The van der Waals surface area contributed by atoms with Crippen molar-refractivity contribution >= 4 is 65.7 Å². The topological polar surface area (TPSA) is 177 Å². The van der Waals surface area contributed by atoms with Gasteiger partial charge in [0.1, 0.15) is 12.1 Å². The number of benzene rings is 3. The van der Waals surface area contributed by atoms with Gasteiger partial charge in [-0.25, -0.2) is 19.7 Å². The Kier molecular flexibility index (Phi) is 6.08. The molecule has 11 heteroatoms. The van der Waals surface area contributed by atoms with E-state index in [9.17, 15) is 31.6 Å². The van der Waals surface area contributed by atoms with E-state index in [0.29, 0.717) is 10.8 Å². The zero-order valence-corrected chi connectivity index (χ0v) is 24.2. The number of hydrogen-bond acceptors (Lipinski definition) is 9. The lowest BCUT2D eigenvalue weighted by Crippen LogP contribution is -2.15. The van der Waals surface area contributed by atoms with Crippen LogP contribution in [0, 0.1) is 81.1 Å². The highest BCUT2D eigenvalue weighted by Gasteiger charge is 2.20. The fraction of sp³-hybridized carbons (Fsp3) is 0. The lowest BCUT2D eigenvalue weighted by Gasteiger charge is -2.09. The first-order chi connectivity index (χ1) is 24.6. The fourth-order valence-corrected chi connectivity index (χ4v) is 6.08. The lowest BCUT2D eigenvalue weighted by molar-refractivity contribution is 1.27. The summed E-state index contributed by atoms with van der Waals surface area (Å²) in [6.45, 7) is 15.4. The van der Waals surface area contributed by atoms with Gasteiger partial charge < -0.3 is 0 Å². The number of nitriles is 6. The molecule has 47 heavy (non-hydrogen) atoms. The molecular weight excluding hydrogens is 605 g/mol. The summed E-state index contributed by atoms with van der Waals surface area (Å²) in [5, 5.41) is 63.4. The number of fused-ring (bicyclic) bond motifs is 6. The highest BCUT2D eigenvalue weighted by Crippen LogP contribution is 2.36. The maximum Gasteiger partial charge on any atom is 0.198 e. The molecule has 0 aliphatic rings. The van der Waals surface area contributed by atoms with E-state index >= 15 is 0 Å². The van der Waals surface area contributed by atoms with E-state index in [1.807, 2.05) is 23.6 Å². The molecule has 0 saturated carbocycles. The SMILES string of the molecule is [2H]c1c(C#N)c([2H])c([N+]#[C-])c(/C(C#N)=c2\ccc3c4ccsc4c4cc/c(=C(/C#N)c5c(C#N)c([2H])c(C#N)c([2H])c5[N+]#[C-])nc4c3n2)c1C#N. The molecule has 0 saturated heterocycles. The Bertz CT molecular complexity index is 2840. The van der Waals surface area contributed by atoms with Gasteiger partial charge in [0.2, 0.25) is 0 Å². The third kappa shape index (κ3) is 4.58. The van der Waals surface area contributed by atoms with Gasteiger partial charge in [0.25, 0.3) is 0 Å². The van der Waals surface area contributed by atoms with Crippen LogP contribution in [-0.2, 0) is 0 Å². The third-order valence-electron chi connectivity index (χ3n) is 7.08. The first-order valence-electron chi connectivity index (χ1n) is 15.0. The molecule has 3 aromatic heterocycles. The fourth-order valence-electron chi connectivity index (χ4n) is 5.14. The summed E-state index contributed by atoms with van der Waals surface area (Å²) in [5.41, 5.74) is -3.67. The molecule has 0 spiro atoms. The van der Waals surface area contributed by atoms with E-state index in [2.05, 4.69) is 9.69 Å². The Morgan fingerprint density at radius 3 is 1.57 bits per heavy atom. The second-order valence-corrected chi connectivity index (χ2v) is 10.4. The first-order valence-corrected chi connectivity index (χ1v) is 13.9. The molecule has 0 aliphatic heterocycles. The van der Waals surface area contributed by atoms with E-state index < -0.39 is 57.8 Å². The molecule has 6 aromatic rings. The summed E-state index contributed by atoms with van der Waals surface area (Å²) in [4.78, 5) is 16.2. The molecule has 0 bridgehead atoms. The Labute approximate surface area is 275 Å². The number of rotatable bonds is 2. The summed E-state index contributed by atoms with van der Waals surface area (Å²) in [6, 6.07) is 16.5. The molecule has 0 radical (unpaired) electrons. The van der Waals surface area contributed by atoms with E-state index in [-0.39, 0.29) is 44.0 Å². The van der Waals surface area contributed by atoms with Gasteiger partial charge in [-0.2, -0.15) is 31.6 Å². The minimum Gasteiger partial charge on any atom is -0.245 e. The number of thiophene rings is 1. The molecule has 0 fully saturated rings. The number of hydrogen-bond donors (Lipinski definition) is 0. The standard InChI is InChI=1S/C36H10N10S/c1-43-30-11-19(13-37)9-21(15-39)32(30)26(17-41)28-5-3-23-24-7-8-47-36(24)25-4-6-29(46-35(25)34(23)45-28)27(18-42)33-22(16-40)10-20(14-38)12-31(33)44-2/h3-12H/b28-26+,29-27+/i9D,10D,11D,12D. The van der Waals surface area contributed by atoms with Gasteiger partial charge in [-0.05, 0) is 59.9 Å². The van der Waals surface area contributed by atoms with E-state index in [1.54, 1.807) is 36.4 Å². The molecule has 0 N–H and O–H groups in total. The lowest BCUT2D eigenvalue weighted by atomic mass is 9.95. The van der Waals surface area contributed by atoms with Crippen molar-refractivity contribution in [3.8, 4) is 36.4 Å². The summed E-state index contributed by atoms with van der Waals surface area (Å²) < 4.78 is 34.3. The summed E-state index contributed by atoms with van der Waals surface area (Å²) in [6.07, 6.45) is 0. The highest BCUT2D eigenvalue weighted by molar-refractivity contribution is 7.18. The van der Waals surface area contributed by atoms with Gasteiger partial charge in [-0.3, -0.25) is 0 Å². The average molecular weight is 619 g/mol. The van der Waals surface area contributed by atoms with Gasteiger partial charge in [0.15, 0.2) is 11.4 Å². The van der Waals surface area contributed by atoms with E-state index in [4.69, 9.17) is 28.6 Å². The van der Waals surface area contributed by atoms with Crippen LogP contribution in [-0.4, -0.2) is 9.97 Å². The van der Waals surface area contributed by atoms with Crippen LogP contribution in [0.3, 0.4) is 0 Å². The minimum atomic E-state index is -0.610. The number of nitrogens with zero attached hydrogens (tertiary/aromatic N) is 10. The van der Waals surface area contributed by atoms with Crippen LogP contribution < -0.4 is 10.7 Å². The monoisotopic (exact) mass is 618 g/mol. The Morgan fingerprint density at radius 2 is 1.13 bits per heavy atom. The van der Waals surface area contributed by atoms with Gasteiger partial charge in [0, 0.05) is 43.1 Å². The Balaban J connectivity index is 1.83. The molecule has 3 heterocycles. The molecular formula is C36H10N10S. The van der Waals surface area contributed by atoms with Gasteiger partial charge in [-0.15, -0.1) is 11.3 Å². The van der Waals surface area contributed by atoms with Crippen LogP contribution in [0.4, 0.5) is 11.4 Å². The van der Waals surface area contributed by atoms with Crippen LogP contribution in [0.15, 0.2) is 59.9 Å².